The van der Waals surface area contributed by atoms with Crippen LogP contribution in [0.5, 0.6) is 0 Å². The first kappa shape index (κ1) is 8.85. The van der Waals surface area contributed by atoms with Crippen LogP contribution in [0.4, 0.5) is 4.79 Å². The molecular weight excluding hydrogens is 132 g/mol. The summed E-state index contributed by atoms with van der Waals surface area (Å²) >= 11 is 0. The Balaban J connectivity index is 4.12. The molecule has 0 aromatic rings. The third-order valence-corrected chi connectivity index (χ3v) is 0.531. The lowest BCUT2D eigenvalue weighted by Gasteiger charge is -2.06. The van der Waals surface area contributed by atoms with E-state index in [1.54, 1.807) is 0 Å². The van der Waals surface area contributed by atoms with Crippen LogP contribution < -0.4 is 0 Å². The summed E-state index contributed by atoms with van der Waals surface area (Å²) < 4.78 is 0. The summed E-state index contributed by atoms with van der Waals surface area (Å²) in [6.07, 6.45) is -1.27. The highest BCUT2D eigenvalue weighted by molar-refractivity contribution is 5.73. The molecule has 0 saturated heterocycles. The van der Waals surface area contributed by atoms with Crippen LogP contribution in [0.2, 0.25) is 0 Å². The van der Waals surface area contributed by atoms with Gasteiger partial charge in [0, 0.05) is 0 Å². The summed E-state index contributed by atoms with van der Waals surface area (Å²) in [5.74, 6) is 0. The van der Waals surface area contributed by atoms with E-state index in [9.17, 15) is 4.79 Å². The first-order valence-electron chi connectivity index (χ1n) is 2.82. The van der Waals surface area contributed by atoms with Gasteiger partial charge < -0.3 is 5.11 Å². The van der Waals surface area contributed by atoms with E-state index < -0.39 is 6.09 Å². The van der Waals surface area contributed by atoms with Crippen molar-refractivity contribution in [3.63, 3.8) is 0 Å². The second-order valence-corrected chi connectivity index (χ2v) is 2.78. The van der Waals surface area contributed by atoms with Crippen molar-refractivity contribution >= 4 is 12.1 Å². The number of rotatable bonds is 0. The van der Waals surface area contributed by atoms with Gasteiger partial charge in [-0.05, 0) is 20.8 Å². The highest BCUT2D eigenvalue weighted by Gasteiger charge is 2.04. The molecule has 4 heteroatoms. The fourth-order valence-electron chi connectivity index (χ4n) is 0.218. The molecule has 0 aromatic heterocycles. The lowest BCUT2D eigenvalue weighted by atomic mass is 10.1. The Morgan fingerprint density at radius 2 is 2.00 bits per heavy atom. The number of amides is 1. The zero-order valence-corrected chi connectivity index (χ0v) is 6.25. The quantitative estimate of drug-likeness (QED) is 0.522. The molecule has 0 aliphatic heterocycles. The molecule has 56 valence electrons. The average molecular weight is 142 g/mol. The molecule has 4 nitrogen and oxygen atoms in total. The van der Waals surface area contributed by atoms with Crippen molar-refractivity contribution < 1.29 is 9.90 Å². The Morgan fingerprint density at radius 1 is 1.50 bits per heavy atom. The van der Waals surface area contributed by atoms with Crippen LogP contribution in [-0.2, 0) is 0 Å². The molecule has 0 saturated carbocycles. The standard InChI is InChI=1S/C6H10N2O2/c1-6(2,3)8-4-7-5(9)10/h1-3H3,(H,9,10). The van der Waals surface area contributed by atoms with E-state index in [4.69, 9.17) is 5.11 Å². The van der Waals surface area contributed by atoms with Crippen molar-refractivity contribution in [1.82, 2.24) is 0 Å². The number of aliphatic imine (C=N–C) groups is 2. The maximum absolute atomic E-state index is 9.80. The van der Waals surface area contributed by atoms with Gasteiger partial charge in [0.2, 0.25) is 0 Å². The molecule has 0 rings (SSSR count). The van der Waals surface area contributed by atoms with Gasteiger partial charge in [-0.1, -0.05) is 0 Å². The van der Waals surface area contributed by atoms with Crippen molar-refractivity contribution in [3.05, 3.63) is 0 Å². The van der Waals surface area contributed by atoms with Gasteiger partial charge in [0.15, 0.2) is 0 Å². The van der Waals surface area contributed by atoms with Crippen LogP contribution in [0.3, 0.4) is 0 Å². The van der Waals surface area contributed by atoms with Gasteiger partial charge in [0.1, 0.15) is 6.01 Å². The van der Waals surface area contributed by atoms with Crippen LogP contribution in [0.25, 0.3) is 0 Å². The van der Waals surface area contributed by atoms with Gasteiger partial charge in [-0.2, -0.15) is 0 Å². The number of hydrogen-bond donors (Lipinski definition) is 1. The largest absolute Gasteiger partial charge is 0.463 e. The minimum Gasteiger partial charge on any atom is -0.463 e. The maximum Gasteiger partial charge on any atom is 0.440 e. The van der Waals surface area contributed by atoms with Gasteiger partial charge >= 0.3 is 6.09 Å². The van der Waals surface area contributed by atoms with Crippen molar-refractivity contribution in [1.29, 1.82) is 0 Å². The Bertz CT molecular complexity index is 184. The predicted molar refractivity (Wildman–Crippen MR) is 37.6 cm³/mol. The highest BCUT2D eigenvalue weighted by Crippen LogP contribution is 2.03. The van der Waals surface area contributed by atoms with E-state index in [1.165, 1.54) is 0 Å². The van der Waals surface area contributed by atoms with Crippen LogP contribution in [0.1, 0.15) is 20.8 Å². The predicted octanol–water partition coefficient (Wildman–Crippen LogP) is 1.64. The lowest BCUT2D eigenvalue weighted by molar-refractivity contribution is 0.206. The number of nitrogens with zero attached hydrogens (tertiary/aromatic N) is 2. The van der Waals surface area contributed by atoms with E-state index in [0.29, 0.717) is 0 Å². The van der Waals surface area contributed by atoms with E-state index in [1.807, 2.05) is 20.8 Å². The second kappa shape index (κ2) is 3.13. The summed E-state index contributed by atoms with van der Waals surface area (Å²) in [5.41, 5.74) is -0.307. The fraction of sp³-hybridized carbons (Fsp3) is 0.667. The van der Waals surface area contributed by atoms with Crippen LogP contribution in [0, 0.1) is 0 Å². The van der Waals surface area contributed by atoms with E-state index in [0.717, 1.165) is 0 Å². The molecule has 0 fully saturated rings. The van der Waals surface area contributed by atoms with Crippen molar-refractivity contribution in [2.24, 2.45) is 9.98 Å². The van der Waals surface area contributed by atoms with Crippen LogP contribution in [0.15, 0.2) is 9.98 Å². The van der Waals surface area contributed by atoms with Gasteiger partial charge in [-0.25, -0.2) is 9.79 Å². The van der Waals surface area contributed by atoms with E-state index in [2.05, 4.69) is 16.0 Å². The molecule has 0 bridgehead atoms. The number of hydrogen-bond acceptors (Lipinski definition) is 2. The van der Waals surface area contributed by atoms with Crippen LogP contribution >= 0.6 is 0 Å². The summed E-state index contributed by atoms with van der Waals surface area (Å²) in [4.78, 5) is 16.4. The smallest absolute Gasteiger partial charge is 0.440 e. The molecule has 0 aromatic carbocycles. The van der Waals surface area contributed by atoms with Gasteiger partial charge in [0.05, 0.1) is 5.54 Å². The van der Waals surface area contributed by atoms with Crippen molar-refractivity contribution in [2.75, 3.05) is 0 Å². The lowest BCUT2D eigenvalue weighted by Crippen LogP contribution is -2.08. The third kappa shape index (κ3) is 6.85. The van der Waals surface area contributed by atoms with Crippen LogP contribution in [-0.4, -0.2) is 22.7 Å². The van der Waals surface area contributed by atoms with E-state index in [-0.39, 0.29) is 5.54 Å². The van der Waals surface area contributed by atoms with E-state index >= 15 is 0 Å². The first-order chi connectivity index (χ1) is 4.42. The number of carboxylic acid groups (broad SMARTS) is 1. The molecule has 0 radical (unpaired) electrons. The Kier molecular flexibility index (Phi) is 2.77. The topological polar surface area (TPSA) is 62.0 Å². The Labute approximate surface area is 59.3 Å². The summed E-state index contributed by atoms with van der Waals surface area (Å²) in [7, 11) is 0. The molecular formula is C6H10N2O2. The second-order valence-electron chi connectivity index (χ2n) is 2.78. The first-order valence-corrected chi connectivity index (χ1v) is 2.82. The van der Waals surface area contributed by atoms with Crippen molar-refractivity contribution in [2.45, 2.75) is 26.3 Å². The SMILES string of the molecule is CC(C)(C)N=C=NC(=O)O. The number of carbonyl (C=O) groups is 1. The minimum absolute atomic E-state index is 0.307. The summed E-state index contributed by atoms with van der Waals surface area (Å²) in [6, 6.07) is 2.08. The molecule has 0 aliphatic carbocycles. The molecule has 1 N–H and O–H groups in total. The molecule has 0 spiro atoms. The zero-order chi connectivity index (χ0) is 8.20. The molecule has 1 amide bonds. The zero-order valence-electron chi connectivity index (χ0n) is 6.25. The molecule has 0 aliphatic rings. The molecule has 0 atom stereocenters. The van der Waals surface area contributed by atoms with Gasteiger partial charge in [0.25, 0.3) is 0 Å². The summed E-state index contributed by atoms with van der Waals surface area (Å²) in [6.45, 7) is 5.49. The summed E-state index contributed by atoms with van der Waals surface area (Å²) in [5, 5.41) is 8.02. The van der Waals surface area contributed by atoms with Gasteiger partial charge in [-0.15, -0.1) is 4.99 Å². The fourth-order valence-corrected chi connectivity index (χ4v) is 0.218. The average Bonchev–Trinajstić information content (AvgIpc) is 1.59. The Hall–Kier alpha value is -1.15. The van der Waals surface area contributed by atoms with Crippen molar-refractivity contribution in [3.8, 4) is 0 Å². The Morgan fingerprint density at radius 3 is 2.30 bits per heavy atom. The third-order valence-electron chi connectivity index (χ3n) is 0.531. The molecule has 0 heterocycles. The van der Waals surface area contributed by atoms with Gasteiger partial charge in [-0.3, -0.25) is 0 Å². The normalized spacial score (nSPS) is 9.90. The molecule has 0 unspecified atom stereocenters. The monoisotopic (exact) mass is 142 g/mol. The molecule has 10 heavy (non-hydrogen) atoms. The minimum atomic E-state index is -1.27. The highest BCUT2D eigenvalue weighted by atomic mass is 16.4. The maximum atomic E-state index is 9.80.